The van der Waals surface area contributed by atoms with Gasteiger partial charge in [0.25, 0.3) is 0 Å². The molecule has 0 amide bonds. The number of nitrogens with zero attached hydrogens (tertiary/aromatic N) is 1. The second-order valence-corrected chi connectivity index (χ2v) is 10.9. The van der Waals surface area contributed by atoms with Crippen LogP contribution in [0.2, 0.25) is 5.02 Å². The molecule has 1 aliphatic rings. The highest BCUT2D eigenvalue weighted by molar-refractivity contribution is 7.93. The average Bonchev–Trinajstić information content (AvgIpc) is 3.02. The number of hydrogen-bond acceptors (Lipinski definition) is 5. The smallest absolute Gasteiger partial charge is 0.165 e. The van der Waals surface area contributed by atoms with Crippen LogP contribution in [0.4, 0.5) is 0 Å². The van der Waals surface area contributed by atoms with Gasteiger partial charge in [-0.25, -0.2) is 8.42 Å². The van der Waals surface area contributed by atoms with Crippen molar-refractivity contribution >= 4 is 38.6 Å². The minimum Gasteiger partial charge on any atom is -0.386 e. The highest BCUT2D eigenvalue weighted by Gasteiger charge is 2.49. The quantitative estimate of drug-likeness (QED) is 0.829. The van der Waals surface area contributed by atoms with Crippen molar-refractivity contribution in [3.05, 3.63) is 33.8 Å². The van der Waals surface area contributed by atoms with E-state index >= 15 is 0 Å². The van der Waals surface area contributed by atoms with E-state index in [1.54, 1.807) is 20.8 Å². The maximum atomic E-state index is 12.7. The topological polar surface area (TPSA) is 88.3 Å². The fourth-order valence-electron chi connectivity index (χ4n) is 2.78. The summed E-state index contributed by atoms with van der Waals surface area (Å²) in [6.45, 7) is 6.92. The molecule has 1 aliphatic heterocycles. The lowest BCUT2D eigenvalue weighted by Gasteiger charge is -2.37. The van der Waals surface area contributed by atoms with Crippen LogP contribution in [0.3, 0.4) is 0 Å². The molecule has 0 spiro atoms. The van der Waals surface area contributed by atoms with Gasteiger partial charge in [-0.2, -0.15) is 0 Å². The van der Waals surface area contributed by atoms with Gasteiger partial charge in [0, 0.05) is 5.69 Å². The Labute approximate surface area is 150 Å². The van der Waals surface area contributed by atoms with Gasteiger partial charge >= 0.3 is 0 Å². The Bertz CT molecular complexity index is 940. The summed E-state index contributed by atoms with van der Waals surface area (Å²) in [4.78, 5) is 9.46. The predicted octanol–water partition coefficient (Wildman–Crippen LogP) is 3.48. The van der Waals surface area contributed by atoms with Crippen LogP contribution in [0.25, 0.3) is 10.6 Å². The Morgan fingerprint density at radius 2 is 2.00 bits per heavy atom. The van der Waals surface area contributed by atoms with Crippen LogP contribution in [-0.2, 0) is 15.4 Å². The van der Waals surface area contributed by atoms with E-state index in [0.717, 1.165) is 16.3 Å². The summed E-state index contributed by atoms with van der Waals surface area (Å²) in [5.41, 5.74) is 7.02. The normalized spacial score (nSPS) is 25.5. The van der Waals surface area contributed by atoms with Crippen LogP contribution >= 0.6 is 22.9 Å². The average molecular weight is 386 g/mol. The van der Waals surface area contributed by atoms with Crippen LogP contribution in [0.5, 0.6) is 0 Å². The predicted molar refractivity (Wildman–Crippen MR) is 101 cm³/mol. The highest BCUT2D eigenvalue weighted by Crippen LogP contribution is 2.45. The molecule has 130 valence electrons. The maximum absolute atomic E-state index is 12.7. The molecule has 0 aromatic carbocycles. The molecule has 3 N–H and O–H groups in total. The van der Waals surface area contributed by atoms with Crippen molar-refractivity contribution in [2.45, 2.75) is 38.0 Å². The minimum atomic E-state index is -3.45. The first-order chi connectivity index (χ1) is 11.0. The van der Waals surface area contributed by atoms with Gasteiger partial charge in [-0.15, -0.1) is 11.3 Å². The van der Waals surface area contributed by atoms with Crippen molar-refractivity contribution in [1.82, 2.24) is 4.98 Å². The molecule has 8 heteroatoms. The van der Waals surface area contributed by atoms with Gasteiger partial charge in [-0.3, -0.25) is 4.99 Å². The molecule has 0 radical (unpaired) electrons. The maximum Gasteiger partial charge on any atom is 0.165 e. The number of aromatic amines is 1. The fourth-order valence-corrected chi connectivity index (χ4v) is 6.15. The Kier molecular flexibility index (Phi) is 3.90. The third-order valence-electron chi connectivity index (χ3n) is 4.51. The molecule has 3 heterocycles. The molecule has 0 saturated carbocycles. The van der Waals surface area contributed by atoms with Crippen molar-refractivity contribution < 1.29 is 8.42 Å². The van der Waals surface area contributed by atoms with E-state index in [0.29, 0.717) is 9.90 Å². The molecule has 1 atom stereocenters. The third kappa shape index (κ3) is 2.59. The van der Waals surface area contributed by atoms with E-state index in [1.807, 2.05) is 25.1 Å². The van der Waals surface area contributed by atoms with Crippen molar-refractivity contribution in [1.29, 1.82) is 0 Å². The van der Waals surface area contributed by atoms with Gasteiger partial charge in [0.15, 0.2) is 9.84 Å². The van der Waals surface area contributed by atoms with E-state index in [4.69, 9.17) is 17.3 Å². The monoisotopic (exact) mass is 385 g/mol. The van der Waals surface area contributed by atoms with E-state index in [-0.39, 0.29) is 11.6 Å². The number of aromatic nitrogens is 1. The summed E-state index contributed by atoms with van der Waals surface area (Å²) >= 11 is 7.87. The second-order valence-electron chi connectivity index (χ2n) is 6.88. The number of sulfone groups is 1. The van der Waals surface area contributed by atoms with Gasteiger partial charge in [0.05, 0.1) is 26.2 Å². The molecule has 1 unspecified atom stereocenters. The standard InChI is InChI=1S/C16H20ClN3O2S2/c1-9-5-6-11(19-9)12-7-10(17)13(23-12)16(4)8-24(21,22)15(2,3)14(18)20-16/h5-7,19H,8H2,1-4H3,(H2,18,20). The lowest BCUT2D eigenvalue weighted by molar-refractivity contribution is 0.507. The van der Waals surface area contributed by atoms with E-state index in [9.17, 15) is 8.42 Å². The first-order valence-electron chi connectivity index (χ1n) is 7.50. The van der Waals surface area contributed by atoms with Crippen LogP contribution in [0.1, 0.15) is 31.3 Å². The second kappa shape index (κ2) is 5.34. The van der Waals surface area contributed by atoms with Crippen LogP contribution in [0, 0.1) is 6.92 Å². The van der Waals surface area contributed by atoms with Crippen LogP contribution < -0.4 is 5.73 Å². The van der Waals surface area contributed by atoms with Crippen molar-refractivity contribution in [3.63, 3.8) is 0 Å². The van der Waals surface area contributed by atoms with Gasteiger partial charge in [0.2, 0.25) is 0 Å². The first kappa shape index (κ1) is 17.5. The zero-order valence-electron chi connectivity index (χ0n) is 14.0. The van der Waals surface area contributed by atoms with Gasteiger partial charge in [-0.05, 0) is 45.9 Å². The number of nitrogens with one attached hydrogen (secondary N) is 1. The zero-order valence-corrected chi connectivity index (χ0v) is 16.4. The van der Waals surface area contributed by atoms with Crippen molar-refractivity contribution in [2.75, 3.05) is 5.75 Å². The minimum absolute atomic E-state index is 0.114. The lowest BCUT2D eigenvalue weighted by atomic mass is 10.0. The molecular formula is C16H20ClN3O2S2. The van der Waals surface area contributed by atoms with Crippen LogP contribution in [0.15, 0.2) is 23.2 Å². The van der Waals surface area contributed by atoms with E-state index < -0.39 is 20.1 Å². The number of halogens is 1. The summed E-state index contributed by atoms with van der Waals surface area (Å²) in [6, 6.07) is 5.80. The van der Waals surface area contributed by atoms with Gasteiger partial charge < -0.3 is 10.7 Å². The Balaban J connectivity index is 2.12. The van der Waals surface area contributed by atoms with Crippen molar-refractivity contribution in [2.24, 2.45) is 10.7 Å². The fraction of sp³-hybridized carbons (Fsp3) is 0.438. The van der Waals surface area contributed by atoms with E-state index in [2.05, 4.69) is 9.98 Å². The molecule has 2 aromatic heterocycles. The number of amidine groups is 1. The molecule has 2 aromatic rings. The van der Waals surface area contributed by atoms with Gasteiger partial charge in [0.1, 0.15) is 16.1 Å². The number of aryl methyl sites for hydroxylation is 1. The molecule has 0 aliphatic carbocycles. The van der Waals surface area contributed by atoms with Crippen LogP contribution in [-0.4, -0.2) is 29.7 Å². The summed E-state index contributed by atoms with van der Waals surface area (Å²) in [7, 11) is -3.45. The number of thiophene rings is 1. The number of aliphatic imine (C=N–C) groups is 1. The molecule has 0 saturated heterocycles. The molecular weight excluding hydrogens is 366 g/mol. The number of nitrogens with two attached hydrogens (primary N) is 1. The summed E-state index contributed by atoms with van der Waals surface area (Å²) < 4.78 is 24.2. The summed E-state index contributed by atoms with van der Waals surface area (Å²) in [6.07, 6.45) is 0. The molecule has 0 fully saturated rings. The SMILES string of the molecule is Cc1ccc(-c2cc(Cl)c(C3(C)CS(=O)(=O)C(C)(C)C(N)=N3)s2)[nH]1. The van der Waals surface area contributed by atoms with Crippen molar-refractivity contribution in [3.8, 4) is 10.6 Å². The first-order valence-corrected chi connectivity index (χ1v) is 10.3. The highest BCUT2D eigenvalue weighted by atomic mass is 35.5. The Morgan fingerprint density at radius 1 is 1.33 bits per heavy atom. The lowest BCUT2D eigenvalue weighted by Crippen LogP contribution is -2.54. The Hall–Kier alpha value is -1.31. The number of rotatable bonds is 2. The largest absolute Gasteiger partial charge is 0.386 e. The zero-order chi connectivity index (χ0) is 17.9. The molecule has 0 bridgehead atoms. The van der Waals surface area contributed by atoms with E-state index in [1.165, 1.54) is 11.3 Å². The summed E-state index contributed by atoms with van der Waals surface area (Å²) in [5.74, 6) is 0.00917. The number of H-pyrrole nitrogens is 1. The molecule has 5 nitrogen and oxygen atoms in total. The molecule has 24 heavy (non-hydrogen) atoms. The van der Waals surface area contributed by atoms with Gasteiger partial charge in [-0.1, -0.05) is 11.6 Å². The number of hydrogen-bond donors (Lipinski definition) is 2. The third-order valence-corrected chi connectivity index (χ3v) is 9.04. The summed E-state index contributed by atoms with van der Waals surface area (Å²) in [5, 5.41) is 0.510. The Morgan fingerprint density at radius 3 is 2.54 bits per heavy atom. The molecule has 3 rings (SSSR count).